The first-order valence-electron chi connectivity index (χ1n) is 7.53. The number of rotatable bonds is 4. The molecule has 1 heterocycles. The highest BCUT2D eigenvalue weighted by Gasteiger charge is 2.12. The summed E-state index contributed by atoms with van der Waals surface area (Å²) in [4.78, 5) is 24.1. The Kier molecular flexibility index (Phi) is 4.33. The van der Waals surface area contributed by atoms with Gasteiger partial charge in [-0.25, -0.2) is 4.79 Å². The van der Waals surface area contributed by atoms with Crippen LogP contribution >= 0.6 is 0 Å². The van der Waals surface area contributed by atoms with E-state index in [-0.39, 0.29) is 12.5 Å². The number of para-hydroxylation sites is 1. The smallest absolute Gasteiger partial charge is 0.336 e. The fourth-order valence-corrected chi connectivity index (χ4v) is 2.59. The van der Waals surface area contributed by atoms with Crippen molar-refractivity contribution in [3.8, 4) is 5.75 Å². The Morgan fingerprint density at radius 3 is 2.75 bits per heavy atom. The summed E-state index contributed by atoms with van der Waals surface area (Å²) in [7, 11) is 1.52. The number of aryl methyl sites for hydroxylation is 1. The highest BCUT2D eigenvalue weighted by Crippen LogP contribution is 2.20. The number of carbonyl (C=O) groups excluding carboxylic acids is 1. The summed E-state index contributed by atoms with van der Waals surface area (Å²) >= 11 is 0. The topological polar surface area (TPSA) is 68.5 Å². The molecule has 1 amide bonds. The van der Waals surface area contributed by atoms with Crippen LogP contribution in [0.25, 0.3) is 11.0 Å². The van der Waals surface area contributed by atoms with Crippen molar-refractivity contribution in [2.24, 2.45) is 0 Å². The van der Waals surface area contributed by atoms with Crippen LogP contribution in [0.15, 0.2) is 57.7 Å². The summed E-state index contributed by atoms with van der Waals surface area (Å²) in [5.74, 6) is 0.241. The molecule has 24 heavy (non-hydrogen) atoms. The average molecular weight is 323 g/mol. The van der Waals surface area contributed by atoms with Crippen LogP contribution in [0.3, 0.4) is 0 Å². The van der Waals surface area contributed by atoms with Gasteiger partial charge in [0.15, 0.2) is 0 Å². The van der Waals surface area contributed by atoms with E-state index in [0.717, 1.165) is 10.9 Å². The molecule has 0 saturated carbocycles. The van der Waals surface area contributed by atoms with Crippen molar-refractivity contribution >= 4 is 16.9 Å². The van der Waals surface area contributed by atoms with E-state index in [4.69, 9.17) is 9.15 Å². The predicted molar refractivity (Wildman–Crippen MR) is 91.4 cm³/mol. The third kappa shape index (κ3) is 3.15. The molecule has 5 nitrogen and oxygen atoms in total. The van der Waals surface area contributed by atoms with E-state index in [0.29, 0.717) is 22.5 Å². The minimum atomic E-state index is -0.437. The van der Waals surface area contributed by atoms with Gasteiger partial charge in [0.1, 0.15) is 11.3 Å². The van der Waals surface area contributed by atoms with Crippen molar-refractivity contribution < 1.29 is 13.9 Å². The Labute approximate surface area is 138 Å². The van der Waals surface area contributed by atoms with Crippen LogP contribution in [0.4, 0.5) is 0 Å². The molecule has 0 spiro atoms. The van der Waals surface area contributed by atoms with Gasteiger partial charge >= 0.3 is 5.63 Å². The Morgan fingerprint density at radius 1 is 1.17 bits per heavy atom. The SMILES string of the molecule is COc1ccccc1C(=O)NCc1cc(=O)oc2ccc(C)cc12. The number of hydrogen-bond donors (Lipinski definition) is 1. The van der Waals surface area contributed by atoms with Gasteiger partial charge in [-0.3, -0.25) is 4.79 Å². The minimum absolute atomic E-state index is 0.225. The molecular formula is C19H17NO4. The third-order valence-electron chi connectivity index (χ3n) is 3.77. The van der Waals surface area contributed by atoms with Gasteiger partial charge in [0.2, 0.25) is 0 Å². The maximum atomic E-state index is 12.4. The summed E-state index contributed by atoms with van der Waals surface area (Å²) in [5, 5.41) is 3.64. The summed E-state index contributed by atoms with van der Waals surface area (Å²) in [6.07, 6.45) is 0. The zero-order valence-corrected chi connectivity index (χ0v) is 13.5. The van der Waals surface area contributed by atoms with Crippen molar-refractivity contribution in [2.45, 2.75) is 13.5 Å². The van der Waals surface area contributed by atoms with Crippen molar-refractivity contribution in [1.29, 1.82) is 0 Å². The van der Waals surface area contributed by atoms with Crippen LogP contribution in [0.2, 0.25) is 0 Å². The van der Waals surface area contributed by atoms with Crippen molar-refractivity contribution in [2.75, 3.05) is 7.11 Å². The Morgan fingerprint density at radius 2 is 1.96 bits per heavy atom. The van der Waals surface area contributed by atoms with Crippen molar-refractivity contribution in [1.82, 2.24) is 5.32 Å². The molecule has 1 aromatic heterocycles. The molecule has 3 aromatic rings. The van der Waals surface area contributed by atoms with Gasteiger partial charge in [-0.1, -0.05) is 23.8 Å². The second-order valence-electron chi connectivity index (χ2n) is 5.47. The molecule has 0 radical (unpaired) electrons. The predicted octanol–water partition coefficient (Wildman–Crippen LogP) is 3.04. The summed E-state index contributed by atoms with van der Waals surface area (Å²) in [6.45, 7) is 2.18. The van der Waals surface area contributed by atoms with Gasteiger partial charge in [-0.05, 0) is 36.8 Å². The second kappa shape index (κ2) is 6.58. The highest BCUT2D eigenvalue weighted by atomic mass is 16.5. The number of hydrogen-bond acceptors (Lipinski definition) is 4. The molecule has 0 saturated heterocycles. The van der Waals surface area contributed by atoms with Crippen molar-refractivity contribution in [3.63, 3.8) is 0 Å². The second-order valence-corrected chi connectivity index (χ2v) is 5.47. The van der Waals surface area contributed by atoms with Gasteiger partial charge in [0.05, 0.1) is 12.7 Å². The number of carbonyl (C=O) groups is 1. The molecule has 122 valence electrons. The number of fused-ring (bicyclic) bond motifs is 1. The van der Waals surface area contributed by atoms with Crippen molar-refractivity contribution in [3.05, 3.63) is 75.6 Å². The van der Waals surface area contributed by atoms with E-state index in [2.05, 4.69) is 5.32 Å². The normalized spacial score (nSPS) is 10.6. The van der Waals surface area contributed by atoms with Crippen LogP contribution in [-0.4, -0.2) is 13.0 Å². The van der Waals surface area contributed by atoms with Crippen LogP contribution in [0.1, 0.15) is 21.5 Å². The molecular weight excluding hydrogens is 306 g/mol. The fraction of sp³-hybridized carbons (Fsp3) is 0.158. The molecule has 0 aliphatic heterocycles. The van der Waals surface area contributed by atoms with Gasteiger partial charge in [-0.2, -0.15) is 0 Å². The molecule has 0 unspecified atom stereocenters. The number of amides is 1. The summed E-state index contributed by atoms with van der Waals surface area (Å²) in [6, 6.07) is 14.0. The van der Waals surface area contributed by atoms with E-state index >= 15 is 0 Å². The molecule has 1 N–H and O–H groups in total. The van der Waals surface area contributed by atoms with E-state index < -0.39 is 5.63 Å². The number of benzene rings is 2. The maximum absolute atomic E-state index is 12.4. The quantitative estimate of drug-likeness (QED) is 0.749. The van der Waals surface area contributed by atoms with E-state index in [1.807, 2.05) is 19.1 Å². The number of methoxy groups -OCH3 is 1. The molecule has 0 fully saturated rings. The molecule has 0 bridgehead atoms. The first-order valence-corrected chi connectivity index (χ1v) is 7.53. The van der Waals surface area contributed by atoms with Crippen LogP contribution in [0, 0.1) is 6.92 Å². The molecule has 0 aliphatic carbocycles. The first-order chi connectivity index (χ1) is 11.6. The molecule has 2 aromatic carbocycles. The summed E-state index contributed by atoms with van der Waals surface area (Å²) < 4.78 is 10.4. The fourth-order valence-electron chi connectivity index (χ4n) is 2.59. The van der Waals surface area contributed by atoms with Gasteiger partial charge < -0.3 is 14.5 Å². The first kappa shape index (κ1) is 15.8. The zero-order chi connectivity index (χ0) is 17.1. The van der Waals surface area contributed by atoms with Crippen LogP contribution in [0.5, 0.6) is 5.75 Å². The zero-order valence-electron chi connectivity index (χ0n) is 13.5. The molecule has 0 aliphatic rings. The van der Waals surface area contributed by atoms with Gasteiger partial charge in [0.25, 0.3) is 5.91 Å². The minimum Gasteiger partial charge on any atom is -0.496 e. The van der Waals surface area contributed by atoms with Gasteiger partial charge in [0, 0.05) is 18.0 Å². The molecule has 0 atom stereocenters. The van der Waals surface area contributed by atoms with E-state index in [9.17, 15) is 9.59 Å². The number of nitrogens with one attached hydrogen (secondary N) is 1. The Hall–Kier alpha value is -3.08. The lowest BCUT2D eigenvalue weighted by Crippen LogP contribution is -2.24. The highest BCUT2D eigenvalue weighted by molar-refractivity contribution is 5.97. The van der Waals surface area contributed by atoms with E-state index in [1.165, 1.54) is 13.2 Å². The largest absolute Gasteiger partial charge is 0.496 e. The number of ether oxygens (including phenoxy) is 1. The van der Waals surface area contributed by atoms with Gasteiger partial charge in [-0.15, -0.1) is 0 Å². The van der Waals surface area contributed by atoms with E-state index in [1.54, 1.807) is 30.3 Å². The summed E-state index contributed by atoms with van der Waals surface area (Å²) in [5.41, 5.74) is 2.29. The molecule has 5 heteroatoms. The third-order valence-corrected chi connectivity index (χ3v) is 3.77. The standard InChI is InChI=1S/C19H17NO4/c1-12-7-8-17-15(9-12)13(10-18(21)24-17)11-20-19(22)14-5-3-4-6-16(14)23-2/h3-10H,11H2,1-2H3,(H,20,22). The van der Waals surface area contributed by atoms with Crippen LogP contribution in [-0.2, 0) is 6.54 Å². The molecule has 3 rings (SSSR count). The lowest BCUT2D eigenvalue weighted by Gasteiger charge is -2.10. The lowest BCUT2D eigenvalue weighted by atomic mass is 10.1. The monoisotopic (exact) mass is 323 g/mol. The Balaban J connectivity index is 1.89. The average Bonchev–Trinajstić information content (AvgIpc) is 2.59. The maximum Gasteiger partial charge on any atom is 0.336 e. The Bertz CT molecular complexity index is 959. The lowest BCUT2D eigenvalue weighted by molar-refractivity contribution is 0.0948. The van der Waals surface area contributed by atoms with Crippen LogP contribution < -0.4 is 15.7 Å².